The van der Waals surface area contributed by atoms with E-state index in [2.05, 4.69) is 10.5 Å². The standard InChI is InChI=1S/C10H8N6O4/c11-4-7(9(12)13)15-14-6-2-1-5(10(17)18)3-8(6)16(19)20/h1-3,14H,(H3,12,13)(H,17,18)/b15-7+. The van der Waals surface area contributed by atoms with Crippen molar-refractivity contribution in [3.63, 3.8) is 0 Å². The first kappa shape index (κ1) is 14.6. The number of hydrazone groups is 1. The Morgan fingerprint density at radius 3 is 2.70 bits per heavy atom. The van der Waals surface area contributed by atoms with Gasteiger partial charge in [-0.05, 0) is 12.1 Å². The number of rotatable bonds is 5. The SMILES string of the molecule is N#C/C(=N\Nc1ccc(C(=O)O)cc1[N+](=O)[O-])C(=N)N. The van der Waals surface area contributed by atoms with Crippen molar-refractivity contribution in [3.8, 4) is 6.07 Å². The minimum absolute atomic E-state index is 0.131. The van der Waals surface area contributed by atoms with Crippen LogP contribution in [0.2, 0.25) is 0 Å². The molecule has 5 N–H and O–H groups in total. The van der Waals surface area contributed by atoms with Gasteiger partial charge in [0.2, 0.25) is 5.71 Å². The van der Waals surface area contributed by atoms with Crippen molar-refractivity contribution in [2.75, 3.05) is 5.43 Å². The van der Waals surface area contributed by atoms with Crippen LogP contribution in [0.3, 0.4) is 0 Å². The molecule has 0 unspecified atom stereocenters. The molecule has 0 heterocycles. The van der Waals surface area contributed by atoms with E-state index >= 15 is 0 Å². The molecule has 0 saturated heterocycles. The summed E-state index contributed by atoms with van der Waals surface area (Å²) in [6, 6.07) is 4.63. The van der Waals surface area contributed by atoms with E-state index in [0.29, 0.717) is 0 Å². The van der Waals surface area contributed by atoms with Crippen molar-refractivity contribution in [1.29, 1.82) is 10.7 Å². The number of nitrogens with two attached hydrogens (primary N) is 1. The Morgan fingerprint density at radius 1 is 1.60 bits per heavy atom. The Balaban J connectivity index is 3.20. The van der Waals surface area contributed by atoms with Crippen LogP contribution in [0.1, 0.15) is 10.4 Å². The van der Waals surface area contributed by atoms with E-state index in [-0.39, 0.29) is 11.3 Å². The van der Waals surface area contributed by atoms with Crippen LogP contribution in [-0.4, -0.2) is 27.5 Å². The fraction of sp³-hybridized carbons (Fsp3) is 0. The fourth-order valence-electron chi connectivity index (χ4n) is 1.17. The average Bonchev–Trinajstić information content (AvgIpc) is 2.38. The number of benzene rings is 1. The van der Waals surface area contributed by atoms with Gasteiger partial charge in [0, 0.05) is 6.07 Å². The van der Waals surface area contributed by atoms with E-state index in [4.69, 9.17) is 21.5 Å². The normalized spacial score (nSPS) is 10.4. The maximum atomic E-state index is 10.8. The fourth-order valence-corrected chi connectivity index (χ4v) is 1.17. The largest absolute Gasteiger partial charge is 0.478 e. The zero-order chi connectivity index (χ0) is 15.3. The lowest BCUT2D eigenvalue weighted by Gasteiger charge is -2.03. The molecule has 0 aliphatic rings. The number of aromatic carboxylic acids is 1. The molecule has 1 rings (SSSR count). The van der Waals surface area contributed by atoms with Crippen molar-refractivity contribution in [1.82, 2.24) is 0 Å². The zero-order valence-electron chi connectivity index (χ0n) is 9.82. The van der Waals surface area contributed by atoms with E-state index in [1.807, 2.05) is 0 Å². The van der Waals surface area contributed by atoms with Crippen LogP contribution >= 0.6 is 0 Å². The molecule has 0 fully saturated rings. The number of nitro benzene ring substituents is 1. The third kappa shape index (κ3) is 3.26. The van der Waals surface area contributed by atoms with Gasteiger partial charge in [-0.25, -0.2) is 4.79 Å². The van der Waals surface area contributed by atoms with Gasteiger partial charge in [0.15, 0.2) is 5.84 Å². The molecule has 0 aliphatic heterocycles. The van der Waals surface area contributed by atoms with Gasteiger partial charge in [0.25, 0.3) is 5.69 Å². The van der Waals surface area contributed by atoms with Crippen LogP contribution < -0.4 is 11.2 Å². The van der Waals surface area contributed by atoms with Gasteiger partial charge in [-0.3, -0.25) is 20.9 Å². The summed E-state index contributed by atoms with van der Waals surface area (Å²) in [6.07, 6.45) is 0. The van der Waals surface area contributed by atoms with Gasteiger partial charge in [-0.1, -0.05) is 0 Å². The van der Waals surface area contributed by atoms with Crippen LogP contribution in [0.4, 0.5) is 11.4 Å². The summed E-state index contributed by atoms with van der Waals surface area (Å²) in [5, 5.41) is 38.7. The van der Waals surface area contributed by atoms with E-state index in [1.54, 1.807) is 0 Å². The van der Waals surface area contributed by atoms with Crippen molar-refractivity contribution in [2.45, 2.75) is 0 Å². The number of hydrogen-bond donors (Lipinski definition) is 4. The predicted molar refractivity (Wildman–Crippen MR) is 68.6 cm³/mol. The highest BCUT2D eigenvalue weighted by Gasteiger charge is 2.17. The van der Waals surface area contributed by atoms with Crippen LogP contribution in [0.15, 0.2) is 23.3 Å². The van der Waals surface area contributed by atoms with Crippen LogP contribution in [0.25, 0.3) is 0 Å². The minimum atomic E-state index is -1.32. The molecule has 102 valence electrons. The molecular formula is C10H8N6O4. The van der Waals surface area contributed by atoms with Crippen molar-refractivity contribution >= 4 is 28.9 Å². The van der Waals surface area contributed by atoms with E-state index in [0.717, 1.165) is 18.2 Å². The predicted octanol–water partition coefficient (Wildman–Crippen LogP) is 0.520. The highest BCUT2D eigenvalue weighted by Crippen LogP contribution is 2.25. The quantitative estimate of drug-likeness (QED) is 0.262. The van der Waals surface area contributed by atoms with Crippen LogP contribution in [0, 0.1) is 26.9 Å². The topological polar surface area (TPSA) is 178 Å². The minimum Gasteiger partial charge on any atom is -0.478 e. The summed E-state index contributed by atoms with van der Waals surface area (Å²) >= 11 is 0. The molecule has 20 heavy (non-hydrogen) atoms. The maximum absolute atomic E-state index is 10.8. The van der Waals surface area contributed by atoms with Gasteiger partial charge >= 0.3 is 5.97 Å². The number of carboxylic acid groups (broad SMARTS) is 1. The lowest BCUT2D eigenvalue weighted by Crippen LogP contribution is -2.22. The lowest BCUT2D eigenvalue weighted by molar-refractivity contribution is -0.384. The molecule has 0 radical (unpaired) electrons. The first-order valence-electron chi connectivity index (χ1n) is 4.96. The highest BCUT2D eigenvalue weighted by molar-refractivity contribution is 6.45. The van der Waals surface area contributed by atoms with Gasteiger partial charge < -0.3 is 10.8 Å². The highest BCUT2D eigenvalue weighted by atomic mass is 16.6. The second kappa shape index (κ2) is 5.91. The molecule has 0 amide bonds. The monoisotopic (exact) mass is 276 g/mol. The molecule has 0 aromatic heterocycles. The summed E-state index contributed by atoms with van der Waals surface area (Å²) in [5.74, 6) is -1.92. The summed E-state index contributed by atoms with van der Waals surface area (Å²) in [6.45, 7) is 0. The van der Waals surface area contributed by atoms with E-state index in [9.17, 15) is 14.9 Å². The molecule has 0 bridgehead atoms. The third-order valence-electron chi connectivity index (χ3n) is 2.09. The Morgan fingerprint density at radius 2 is 2.25 bits per heavy atom. The van der Waals surface area contributed by atoms with E-state index in [1.165, 1.54) is 6.07 Å². The summed E-state index contributed by atoms with van der Waals surface area (Å²) in [4.78, 5) is 20.8. The van der Waals surface area contributed by atoms with Crippen LogP contribution in [-0.2, 0) is 0 Å². The molecule has 1 aromatic rings. The number of amidine groups is 1. The molecule has 0 saturated carbocycles. The number of carboxylic acids is 1. The molecule has 10 heteroatoms. The first-order valence-corrected chi connectivity index (χ1v) is 4.96. The molecular weight excluding hydrogens is 268 g/mol. The smallest absolute Gasteiger partial charge is 0.335 e. The zero-order valence-corrected chi connectivity index (χ0v) is 9.82. The van der Waals surface area contributed by atoms with Crippen LogP contribution in [0.5, 0.6) is 0 Å². The molecule has 0 atom stereocenters. The number of nitriles is 1. The van der Waals surface area contributed by atoms with Crippen molar-refractivity contribution < 1.29 is 14.8 Å². The molecule has 10 nitrogen and oxygen atoms in total. The number of anilines is 1. The Hall–Kier alpha value is -3.48. The molecule has 0 aliphatic carbocycles. The number of nitro groups is 1. The van der Waals surface area contributed by atoms with Crippen molar-refractivity contribution in [2.24, 2.45) is 10.8 Å². The van der Waals surface area contributed by atoms with Gasteiger partial charge in [0.1, 0.15) is 11.8 Å². The average molecular weight is 276 g/mol. The summed E-state index contributed by atoms with van der Waals surface area (Å²) < 4.78 is 0. The lowest BCUT2D eigenvalue weighted by atomic mass is 10.2. The number of nitrogens with one attached hydrogen (secondary N) is 2. The summed E-state index contributed by atoms with van der Waals surface area (Å²) in [7, 11) is 0. The summed E-state index contributed by atoms with van der Waals surface area (Å²) in [5.41, 5.74) is 5.87. The number of nitrogens with zero attached hydrogens (tertiary/aromatic N) is 3. The van der Waals surface area contributed by atoms with E-state index < -0.39 is 28.1 Å². The first-order chi connectivity index (χ1) is 9.36. The Kier molecular flexibility index (Phi) is 4.31. The third-order valence-corrected chi connectivity index (χ3v) is 2.09. The molecule has 1 aromatic carbocycles. The second-order valence-corrected chi connectivity index (χ2v) is 3.39. The number of hydrogen-bond acceptors (Lipinski definition) is 7. The molecule has 0 spiro atoms. The second-order valence-electron chi connectivity index (χ2n) is 3.39. The Labute approximate surface area is 111 Å². The Bertz CT molecular complexity index is 660. The maximum Gasteiger partial charge on any atom is 0.335 e. The van der Waals surface area contributed by atoms with Crippen molar-refractivity contribution in [3.05, 3.63) is 33.9 Å². The van der Waals surface area contributed by atoms with Gasteiger partial charge in [0.05, 0.1) is 10.5 Å². The number of carbonyl (C=O) groups is 1. The van der Waals surface area contributed by atoms with Gasteiger partial charge in [-0.2, -0.15) is 10.4 Å². The van der Waals surface area contributed by atoms with Gasteiger partial charge in [-0.15, -0.1) is 0 Å².